The molecule has 1 aliphatic rings. The quantitative estimate of drug-likeness (QED) is 0.729. The summed E-state index contributed by atoms with van der Waals surface area (Å²) in [5, 5.41) is 4.37. The molecule has 3 rings (SSSR count). The molecule has 82 valence electrons. The summed E-state index contributed by atoms with van der Waals surface area (Å²) in [4.78, 5) is 0. The smallest absolute Gasteiger partial charge is 0.219 e. The minimum atomic E-state index is 0.796. The van der Waals surface area contributed by atoms with Crippen LogP contribution in [0.1, 0.15) is 12.0 Å². The van der Waals surface area contributed by atoms with Gasteiger partial charge >= 0.3 is 0 Å². The lowest BCUT2D eigenvalue weighted by Crippen LogP contribution is -2.14. The monoisotopic (exact) mass is 214 g/mol. The van der Waals surface area contributed by atoms with Crippen LogP contribution in [0.25, 0.3) is 11.1 Å². The van der Waals surface area contributed by atoms with Gasteiger partial charge in [0.25, 0.3) is 0 Å². The number of nitrogens with zero attached hydrogens (tertiary/aromatic N) is 2. The predicted molar refractivity (Wildman–Crippen MR) is 62.5 cm³/mol. The molecular formula is C13H14N2O. The molecule has 0 saturated heterocycles. The summed E-state index contributed by atoms with van der Waals surface area (Å²) in [6.45, 7) is 3.87. The highest BCUT2D eigenvalue weighted by Gasteiger charge is 2.18. The standard InChI is InChI=1S/C13H14N2O/c1-10-5-2-3-6-11(10)12-9-14-15-7-4-8-16-13(12)15/h2-3,5-6,9H,4,7-8H2,1H3. The van der Waals surface area contributed by atoms with Crippen LogP contribution in [-0.4, -0.2) is 16.4 Å². The van der Waals surface area contributed by atoms with Gasteiger partial charge in [-0.1, -0.05) is 24.3 Å². The van der Waals surface area contributed by atoms with E-state index < -0.39 is 0 Å². The van der Waals surface area contributed by atoms with Crippen molar-refractivity contribution in [3.63, 3.8) is 0 Å². The zero-order valence-electron chi connectivity index (χ0n) is 9.31. The lowest BCUT2D eigenvalue weighted by molar-refractivity contribution is 0.231. The van der Waals surface area contributed by atoms with Crippen molar-refractivity contribution in [3.8, 4) is 17.0 Å². The first kappa shape index (κ1) is 9.46. The van der Waals surface area contributed by atoms with Gasteiger partial charge in [0.15, 0.2) is 0 Å². The van der Waals surface area contributed by atoms with Gasteiger partial charge in [-0.05, 0) is 18.1 Å². The number of fused-ring (bicyclic) bond motifs is 1. The Bertz CT molecular complexity index is 516. The fourth-order valence-electron chi connectivity index (χ4n) is 2.13. The first-order chi connectivity index (χ1) is 7.86. The summed E-state index contributed by atoms with van der Waals surface area (Å²) < 4.78 is 7.65. The van der Waals surface area contributed by atoms with Crippen molar-refractivity contribution in [1.29, 1.82) is 0 Å². The number of aryl methyl sites for hydroxylation is 2. The van der Waals surface area contributed by atoms with E-state index in [-0.39, 0.29) is 0 Å². The minimum absolute atomic E-state index is 0.796. The highest BCUT2D eigenvalue weighted by atomic mass is 16.5. The number of aromatic nitrogens is 2. The molecular weight excluding hydrogens is 200 g/mol. The molecule has 0 unspecified atom stereocenters. The van der Waals surface area contributed by atoms with Crippen molar-refractivity contribution in [1.82, 2.24) is 9.78 Å². The van der Waals surface area contributed by atoms with Crippen molar-refractivity contribution >= 4 is 0 Å². The van der Waals surface area contributed by atoms with E-state index in [1.54, 1.807) is 0 Å². The summed E-state index contributed by atoms with van der Waals surface area (Å²) in [6, 6.07) is 8.33. The van der Waals surface area contributed by atoms with Crippen molar-refractivity contribution < 1.29 is 4.74 Å². The van der Waals surface area contributed by atoms with Gasteiger partial charge in [-0.2, -0.15) is 5.10 Å². The minimum Gasteiger partial charge on any atom is -0.477 e. The third kappa shape index (κ3) is 1.40. The van der Waals surface area contributed by atoms with E-state index in [1.807, 2.05) is 10.9 Å². The summed E-state index contributed by atoms with van der Waals surface area (Å²) in [5.41, 5.74) is 3.58. The molecule has 3 heteroatoms. The predicted octanol–water partition coefficient (Wildman–Crippen LogP) is 2.64. The normalized spacial score (nSPS) is 14.3. The van der Waals surface area contributed by atoms with E-state index in [2.05, 4.69) is 36.3 Å². The highest BCUT2D eigenvalue weighted by Crippen LogP contribution is 2.33. The Morgan fingerprint density at radius 3 is 3.00 bits per heavy atom. The molecule has 2 heterocycles. The molecule has 0 atom stereocenters. The average molecular weight is 214 g/mol. The van der Waals surface area contributed by atoms with Gasteiger partial charge in [0.1, 0.15) is 0 Å². The van der Waals surface area contributed by atoms with Crippen LogP contribution < -0.4 is 4.74 Å². The number of hydrogen-bond acceptors (Lipinski definition) is 2. The van der Waals surface area contributed by atoms with Crippen molar-refractivity contribution in [2.45, 2.75) is 19.9 Å². The number of rotatable bonds is 1. The fourth-order valence-corrected chi connectivity index (χ4v) is 2.13. The molecule has 3 nitrogen and oxygen atoms in total. The second kappa shape index (κ2) is 3.67. The number of ether oxygens (including phenoxy) is 1. The van der Waals surface area contributed by atoms with Gasteiger partial charge in [-0.25, -0.2) is 4.68 Å². The molecule has 0 N–H and O–H groups in total. The Labute approximate surface area is 94.7 Å². The van der Waals surface area contributed by atoms with E-state index in [1.165, 1.54) is 11.1 Å². The van der Waals surface area contributed by atoms with Crippen LogP contribution in [0.5, 0.6) is 5.88 Å². The maximum absolute atomic E-state index is 5.70. The molecule has 0 radical (unpaired) electrons. The lowest BCUT2D eigenvalue weighted by atomic mass is 10.0. The molecule has 0 aliphatic carbocycles. The second-order valence-electron chi connectivity index (χ2n) is 4.10. The topological polar surface area (TPSA) is 27.1 Å². The molecule has 1 aromatic carbocycles. The Morgan fingerprint density at radius 2 is 2.12 bits per heavy atom. The molecule has 0 spiro atoms. The third-order valence-electron chi connectivity index (χ3n) is 2.98. The zero-order valence-corrected chi connectivity index (χ0v) is 9.31. The lowest BCUT2D eigenvalue weighted by Gasteiger charge is -2.16. The van der Waals surface area contributed by atoms with E-state index in [0.717, 1.165) is 31.0 Å². The molecule has 1 aromatic heterocycles. The SMILES string of the molecule is Cc1ccccc1-c1cnn2c1OCCC2. The molecule has 1 aliphatic heterocycles. The van der Waals surface area contributed by atoms with Crippen molar-refractivity contribution in [2.75, 3.05) is 6.61 Å². The first-order valence-corrected chi connectivity index (χ1v) is 5.61. The van der Waals surface area contributed by atoms with E-state index in [0.29, 0.717) is 0 Å². The summed E-state index contributed by atoms with van der Waals surface area (Å²) in [6.07, 6.45) is 2.95. The largest absolute Gasteiger partial charge is 0.477 e. The van der Waals surface area contributed by atoms with E-state index in [4.69, 9.17) is 4.74 Å². The van der Waals surface area contributed by atoms with Crippen LogP contribution >= 0.6 is 0 Å². The van der Waals surface area contributed by atoms with Crippen LogP contribution in [-0.2, 0) is 6.54 Å². The Balaban J connectivity index is 2.13. The molecule has 16 heavy (non-hydrogen) atoms. The van der Waals surface area contributed by atoms with Gasteiger partial charge in [0, 0.05) is 13.0 Å². The summed E-state index contributed by atoms with van der Waals surface area (Å²) >= 11 is 0. The fraction of sp³-hybridized carbons (Fsp3) is 0.308. The summed E-state index contributed by atoms with van der Waals surface area (Å²) in [5.74, 6) is 0.917. The first-order valence-electron chi connectivity index (χ1n) is 5.61. The van der Waals surface area contributed by atoms with Gasteiger partial charge in [-0.3, -0.25) is 0 Å². The van der Waals surface area contributed by atoms with Crippen molar-refractivity contribution in [3.05, 3.63) is 36.0 Å². The van der Waals surface area contributed by atoms with Crippen LogP contribution in [0.2, 0.25) is 0 Å². The maximum atomic E-state index is 5.70. The molecule has 0 bridgehead atoms. The van der Waals surface area contributed by atoms with Gasteiger partial charge < -0.3 is 4.74 Å². The van der Waals surface area contributed by atoms with Crippen LogP contribution in [0.3, 0.4) is 0 Å². The van der Waals surface area contributed by atoms with Gasteiger partial charge in [0.05, 0.1) is 18.4 Å². The van der Waals surface area contributed by atoms with Gasteiger partial charge in [0.2, 0.25) is 5.88 Å². The highest BCUT2D eigenvalue weighted by molar-refractivity contribution is 5.71. The molecule has 2 aromatic rings. The number of hydrogen-bond donors (Lipinski definition) is 0. The maximum Gasteiger partial charge on any atom is 0.219 e. The van der Waals surface area contributed by atoms with E-state index in [9.17, 15) is 0 Å². The molecule has 0 amide bonds. The molecule has 0 fully saturated rings. The summed E-state index contributed by atoms with van der Waals surface area (Å²) in [7, 11) is 0. The van der Waals surface area contributed by atoms with E-state index >= 15 is 0 Å². The molecule has 0 saturated carbocycles. The van der Waals surface area contributed by atoms with Crippen LogP contribution in [0.4, 0.5) is 0 Å². The number of benzene rings is 1. The third-order valence-corrected chi connectivity index (χ3v) is 2.98. The van der Waals surface area contributed by atoms with Crippen LogP contribution in [0.15, 0.2) is 30.5 Å². The van der Waals surface area contributed by atoms with Crippen molar-refractivity contribution in [2.24, 2.45) is 0 Å². The Morgan fingerprint density at radius 1 is 1.25 bits per heavy atom. The second-order valence-corrected chi connectivity index (χ2v) is 4.10. The Kier molecular flexibility index (Phi) is 2.17. The Hall–Kier alpha value is -1.77. The van der Waals surface area contributed by atoms with Crippen LogP contribution in [0, 0.1) is 6.92 Å². The van der Waals surface area contributed by atoms with Gasteiger partial charge in [-0.15, -0.1) is 0 Å². The zero-order chi connectivity index (χ0) is 11.0. The average Bonchev–Trinajstić information content (AvgIpc) is 2.74.